The molecule has 0 bridgehead atoms. The number of carboxylic acid groups (broad SMARTS) is 1. The van der Waals surface area contributed by atoms with Gasteiger partial charge in [0.05, 0.1) is 18.7 Å². The zero-order valence-electron chi connectivity index (χ0n) is 20.1. The predicted octanol–water partition coefficient (Wildman–Crippen LogP) is 6.24. The van der Waals surface area contributed by atoms with Crippen LogP contribution < -0.4 is 9.64 Å². The van der Waals surface area contributed by atoms with E-state index in [4.69, 9.17) is 4.74 Å². The molecule has 1 saturated heterocycles. The number of aromatic nitrogens is 1. The van der Waals surface area contributed by atoms with Crippen LogP contribution in [0.1, 0.15) is 36.6 Å². The van der Waals surface area contributed by atoms with Gasteiger partial charge in [0.25, 0.3) is 0 Å². The van der Waals surface area contributed by atoms with E-state index in [9.17, 15) is 14.3 Å². The second kappa shape index (κ2) is 10.9. The SMILES string of the molecule is Cc1ncc(-c2ccc(OCCc3ccc(F)cc3)cc2)c(N2CCC(C)(I)CC2)c1CC(=O)O. The van der Waals surface area contributed by atoms with Gasteiger partial charge in [-0.05, 0) is 55.2 Å². The summed E-state index contributed by atoms with van der Waals surface area (Å²) in [5, 5.41) is 9.59. The van der Waals surface area contributed by atoms with Gasteiger partial charge in [-0.25, -0.2) is 4.39 Å². The lowest BCUT2D eigenvalue weighted by Crippen LogP contribution is -2.40. The fraction of sp³-hybridized carbons (Fsp3) is 0.357. The van der Waals surface area contributed by atoms with Crippen molar-refractivity contribution in [2.45, 2.75) is 43.0 Å². The Labute approximate surface area is 219 Å². The average Bonchev–Trinajstić information content (AvgIpc) is 2.82. The molecule has 1 fully saturated rings. The summed E-state index contributed by atoms with van der Waals surface area (Å²) in [5.41, 5.74) is 5.47. The molecule has 0 aliphatic carbocycles. The number of alkyl halides is 1. The number of rotatable bonds is 8. The lowest BCUT2D eigenvalue weighted by atomic mass is 9.94. The number of aryl methyl sites for hydroxylation is 1. The highest BCUT2D eigenvalue weighted by Gasteiger charge is 2.30. The van der Waals surface area contributed by atoms with Crippen molar-refractivity contribution in [3.05, 3.63) is 77.4 Å². The average molecular weight is 588 g/mol. The Morgan fingerprint density at radius 2 is 1.80 bits per heavy atom. The highest BCUT2D eigenvalue weighted by molar-refractivity contribution is 14.1. The van der Waals surface area contributed by atoms with Crippen LogP contribution >= 0.6 is 22.6 Å². The number of pyridine rings is 1. The van der Waals surface area contributed by atoms with Gasteiger partial charge in [0.15, 0.2) is 0 Å². The topological polar surface area (TPSA) is 62.7 Å². The zero-order valence-corrected chi connectivity index (χ0v) is 22.2. The molecule has 1 aromatic heterocycles. The Hall–Kier alpha value is -2.68. The van der Waals surface area contributed by atoms with Crippen LogP contribution in [0.5, 0.6) is 5.75 Å². The van der Waals surface area contributed by atoms with E-state index in [1.165, 1.54) is 12.1 Å². The van der Waals surface area contributed by atoms with E-state index in [0.717, 1.165) is 65.3 Å². The molecule has 0 unspecified atom stereocenters. The molecular weight excluding hydrogens is 558 g/mol. The summed E-state index contributed by atoms with van der Waals surface area (Å²) in [7, 11) is 0. The summed E-state index contributed by atoms with van der Waals surface area (Å²) >= 11 is 2.53. The van der Waals surface area contributed by atoms with E-state index in [2.05, 4.69) is 39.4 Å². The molecule has 0 saturated carbocycles. The Morgan fingerprint density at radius 1 is 1.14 bits per heavy atom. The quantitative estimate of drug-likeness (QED) is 0.250. The number of halogens is 2. The number of hydrogen-bond acceptors (Lipinski definition) is 4. The first-order chi connectivity index (χ1) is 16.7. The van der Waals surface area contributed by atoms with Crippen LogP contribution in [0.3, 0.4) is 0 Å². The number of anilines is 1. The minimum absolute atomic E-state index is 0.0510. The number of aliphatic carboxylic acids is 1. The molecule has 1 N–H and O–H groups in total. The van der Waals surface area contributed by atoms with Gasteiger partial charge in [-0.2, -0.15) is 0 Å². The maximum atomic E-state index is 13.1. The van der Waals surface area contributed by atoms with Crippen LogP contribution in [-0.4, -0.2) is 39.2 Å². The van der Waals surface area contributed by atoms with Gasteiger partial charge in [0.1, 0.15) is 11.6 Å². The third-order valence-corrected chi connectivity index (χ3v) is 7.63. The van der Waals surface area contributed by atoms with Crippen LogP contribution in [0.25, 0.3) is 11.1 Å². The minimum atomic E-state index is -0.853. The van der Waals surface area contributed by atoms with E-state index in [1.807, 2.05) is 37.4 Å². The van der Waals surface area contributed by atoms with Crippen molar-refractivity contribution < 1.29 is 19.0 Å². The second-order valence-corrected chi connectivity index (χ2v) is 11.9. The van der Waals surface area contributed by atoms with Gasteiger partial charge in [-0.3, -0.25) is 9.78 Å². The summed E-state index contributed by atoms with van der Waals surface area (Å²) in [6.07, 6.45) is 4.59. The van der Waals surface area contributed by atoms with Crippen LogP contribution in [0.15, 0.2) is 54.7 Å². The van der Waals surface area contributed by atoms with E-state index in [0.29, 0.717) is 13.0 Å². The van der Waals surface area contributed by atoms with Crippen LogP contribution in [0, 0.1) is 12.7 Å². The molecule has 1 aliphatic rings. The van der Waals surface area contributed by atoms with Crippen molar-refractivity contribution in [2.24, 2.45) is 0 Å². The molecule has 0 atom stereocenters. The predicted molar refractivity (Wildman–Crippen MR) is 145 cm³/mol. The van der Waals surface area contributed by atoms with Gasteiger partial charge in [0, 0.05) is 45.9 Å². The van der Waals surface area contributed by atoms with E-state index >= 15 is 0 Å². The van der Waals surface area contributed by atoms with Gasteiger partial charge in [-0.1, -0.05) is 53.8 Å². The zero-order chi connectivity index (χ0) is 25.0. The van der Waals surface area contributed by atoms with Gasteiger partial charge in [0.2, 0.25) is 0 Å². The molecular formula is C28H30FIN2O3. The number of nitrogens with zero attached hydrogens (tertiary/aromatic N) is 2. The molecule has 7 heteroatoms. The lowest BCUT2D eigenvalue weighted by molar-refractivity contribution is -0.136. The van der Waals surface area contributed by atoms with E-state index in [-0.39, 0.29) is 15.7 Å². The number of hydrogen-bond donors (Lipinski definition) is 1. The fourth-order valence-electron chi connectivity index (χ4n) is 4.43. The van der Waals surface area contributed by atoms with Crippen molar-refractivity contribution >= 4 is 34.2 Å². The van der Waals surface area contributed by atoms with Crippen molar-refractivity contribution in [2.75, 3.05) is 24.6 Å². The van der Waals surface area contributed by atoms with Gasteiger partial charge >= 0.3 is 5.97 Å². The van der Waals surface area contributed by atoms with Crippen molar-refractivity contribution in [3.8, 4) is 16.9 Å². The fourth-order valence-corrected chi connectivity index (χ4v) is 4.92. The Morgan fingerprint density at radius 3 is 2.43 bits per heavy atom. The second-order valence-electron chi connectivity index (χ2n) is 9.30. The summed E-state index contributed by atoms with van der Waals surface area (Å²) in [4.78, 5) is 18.6. The molecule has 3 aromatic rings. The molecule has 5 nitrogen and oxygen atoms in total. The summed E-state index contributed by atoms with van der Waals surface area (Å²) in [5.74, 6) is -0.342. The monoisotopic (exact) mass is 588 g/mol. The number of benzene rings is 2. The molecule has 4 rings (SSSR count). The largest absolute Gasteiger partial charge is 0.493 e. The van der Waals surface area contributed by atoms with Crippen LogP contribution in [0.2, 0.25) is 0 Å². The normalized spacial score (nSPS) is 15.1. The Kier molecular flexibility index (Phi) is 7.94. The van der Waals surface area contributed by atoms with Gasteiger partial charge in [-0.15, -0.1) is 0 Å². The molecule has 0 radical (unpaired) electrons. The first-order valence-corrected chi connectivity index (χ1v) is 12.9. The summed E-state index contributed by atoms with van der Waals surface area (Å²) in [6.45, 7) is 6.42. The summed E-state index contributed by atoms with van der Waals surface area (Å²) in [6, 6.07) is 14.3. The molecule has 184 valence electrons. The third-order valence-electron chi connectivity index (χ3n) is 6.55. The first-order valence-electron chi connectivity index (χ1n) is 11.8. The molecule has 2 aromatic carbocycles. The first kappa shape index (κ1) is 25.4. The molecule has 1 aliphatic heterocycles. The van der Waals surface area contributed by atoms with Crippen LogP contribution in [0.4, 0.5) is 10.1 Å². The smallest absolute Gasteiger partial charge is 0.307 e. The number of carbonyl (C=O) groups is 1. The highest BCUT2D eigenvalue weighted by atomic mass is 127. The van der Waals surface area contributed by atoms with Crippen LogP contribution in [-0.2, 0) is 17.6 Å². The number of ether oxygens (including phenoxy) is 1. The Bertz CT molecular complexity index is 1170. The molecule has 35 heavy (non-hydrogen) atoms. The number of carboxylic acids is 1. The maximum absolute atomic E-state index is 13.1. The summed E-state index contributed by atoms with van der Waals surface area (Å²) < 4.78 is 19.2. The van der Waals surface area contributed by atoms with Crippen molar-refractivity contribution in [3.63, 3.8) is 0 Å². The molecule has 0 spiro atoms. The maximum Gasteiger partial charge on any atom is 0.307 e. The van der Waals surface area contributed by atoms with E-state index < -0.39 is 5.97 Å². The van der Waals surface area contributed by atoms with Gasteiger partial charge < -0.3 is 14.7 Å². The highest BCUT2D eigenvalue weighted by Crippen LogP contribution is 2.40. The number of piperidine rings is 1. The minimum Gasteiger partial charge on any atom is -0.493 e. The Balaban J connectivity index is 1.56. The van der Waals surface area contributed by atoms with Crippen molar-refractivity contribution in [1.82, 2.24) is 4.98 Å². The third kappa shape index (κ3) is 6.51. The lowest BCUT2D eigenvalue weighted by Gasteiger charge is -2.39. The standard InChI is InChI=1S/C28H30FIN2O3/c1-19-24(17-26(33)34)27(32-14-12-28(2,30)13-15-32)25(18-31-19)21-5-9-23(10-6-21)35-16-11-20-3-7-22(29)8-4-20/h3-10,18H,11-17H2,1-2H3,(H,33,34). The molecule has 0 amide bonds. The van der Waals surface area contributed by atoms with E-state index in [1.54, 1.807) is 12.1 Å². The molecule has 2 heterocycles. The van der Waals surface area contributed by atoms with Crippen molar-refractivity contribution in [1.29, 1.82) is 0 Å².